The van der Waals surface area contributed by atoms with Crippen molar-refractivity contribution in [1.82, 2.24) is 14.8 Å². The van der Waals surface area contributed by atoms with Gasteiger partial charge in [0.25, 0.3) is 5.91 Å². The van der Waals surface area contributed by atoms with Crippen molar-refractivity contribution in [3.05, 3.63) is 58.8 Å². The number of carbonyl (C=O) groups is 1. The van der Waals surface area contributed by atoms with Crippen LogP contribution >= 0.6 is 0 Å². The molecule has 2 aliphatic heterocycles. The fraction of sp³-hybridized carbons (Fsp3) is 0.581. The smallest absolute Gasteiger partial charge is 0.253 e. The van der Waals surface area contributed by atoms with Crippen molar-refractivity contribution in [2.24, 2.45) is 5.92 Å². The third kappa shape index (κ3) is 6.89. The number of hydrogen-bond acceptors (Lipinski definition) is 3. The van der Waals surface area contributed by atoms with Crippen molar-refractivity contribution in [2.45, 2.75) is 79.8 Å². The second-order valence-electron chi connectivity index (χ2n) is 9.75. The molecule has 5 heteroatoms. The van der Waals surface area contributed by atoms with E-state index in [0.29, 0.717) is 6.61 Å². The Morgan fingerprint density at radius 3 is 2.67 bits per heavy atom. The van der Waals surface area contributed by atoms with Gasteiger partial charge in [0.2, 0.25) is 0 Å². The molecule has 0 atom stereocenters. The molecular formula is C31H47N3O2. The first kappa shape index (κ1) is 28.2. The van der Waals surface area contributed by atoms with E-state index in [1.54, 1.807) is 0 Å². The van der Waals surface area contributed by atoms with Crippen molar-refractivity contribution in [2.75, 3.05) is 32.8 Å². The lowest BCUT2D eigenvalue weighted by Crippen LogP contribution is -2.37. The summed E-state index contributed by atoms with van der Waals surface area (Å²) in [6.45, 7) is 16.5. The zero-order chi connectivity index (χ0) is 25.9. The topological polar surface area (TPSA) is 46.5 Å². The molecule has 0 aliphatic carbocycles. The van der Waals surface area contributed by atoms with Crippen LogP contribution in [0.4, 0.5) is 0 Å². The number of fused-ring (bicyclic) bond motifs is 3. The fourth-order valence-corrected chi connectivity index (χ4v) is 5.28. The van der Waals surface area contributed by atoms with Crippen molar-refractivity contribution < 1.29 is 9.53 Å². The lowest BCUT2D eigenvalue weighted by Gasteiger charge is -2.30. The second kappa shape index (κ2) is 14.4. The molecule has 36 heavy (non-hydrogen) atoms. The first-order valence-electron chi connectivity index (χ1n) is 14.2. The van der Waals surface area contributed by atoms with Crippen LogP contribution in [-0.2, 0) is 24.2 Å². The predicted octanol–water partition coefficient (Wildman–Crippen LogP) is 6.50. The highest BCUT2D eigenvalue weighted by Gasteiger charge is 2.24. The van der Waals surface area contributed by atoms with Crippen LogP contribution in [0.5, 0.6) is 0 Å². The number of carbonyl (C=O) groups excluding carboxylic acids is 1. The van der Waals surface area contributed by atoms with E-state index in [1.807, 2.05) is 31.7 Å². The Kier molecular flexibility index (Phi) is 11.3. The van der Waals surface area contributed by atoms with Crippen LogP contribution in [0.2, 0.25) is 0 Å². The highest BCUT2D eigenvalue weighted by Crippen LogP contribution is 2.31. The van der Waals surface area contributed by atoms with Gasteiger partial charge in [0.1, 0.15) is 0 Å². The van der Waals surface area contributed by atoms with Gasteiger partial charge in [0.05, 0.1) is 6.61 Å². The first-order chi connectivity index (χ1) is 17.6. The molecule has 0 radical (unpaired) electrons. The van der Waals surface area contributed by atoms with Gasteiger partial charge in [0, 0.05) is 67.9 Å². The van der Waals surface area contributed by atoms with Gasteiger partial charge in [-0.15, -0.1) is 0 Å². The summed E-state index contributed by atoms with van der Waals surface area (Å²) >= 11 is 0. The SMILES string of the molecule is CC.CC/C=C(\C/C=C\COCC)Cn1c2c(c3cc(C(=O)N4CCC(C)CC4)ccc31)CNCC2. The summed E-state index contributed by atoms with van der Waals surface area (Å²) in [7, 11) is 0. The van der Waals surface area contributed by atoms with Crippen LogP contribution in [0.25, 0.3) is 10.9 Å². The summed E-state index contributed by atoms with van der Waals surface area (Å²) in [6.07, 6.45) is 11.9. The Bertz CT molecular complexity index is 1040. The summed E-state index contributed by atoms with van der Waals surface area (Å²) in [6, 6.07) is 6.38. The quantitative estimate of drug-likeness (QED) is 0.320. The molecule has 198 valence electrons. The minimum absolute atomic E-state index is 0.185. The fourth-order valence-electron chi connectivity index (χ4n) is 5.28. The van der Waals surface area contributed by atoms with E-state index in [1.165, 1.54) is 27.7 Å². The normalized spacial score (nSPS) is 16.8. The molecule has 2 aromatic rings. The third-order valence-corrected chi connectivity index (χ3v) is 7.26. The number of likely N-dealkylation sites (tertiary alicyclic amines) is 1. The van der Waals surface area contributed by atoms with E-state index < -0.39 is 0 Å². The molecule has 0 spiro atoms. The summed E-state index contributed by atoms with van der Waals surface area (Å²) in [5.41, 5.74) is 6.29. The molecule has 0 bridgehead atoms. The molecule has 4 rings (SSSR count). The minimum atomic E-state index is 0.185. The van der Waals surface area contributed by atoms with Crippen molar-refractivity contribution in [3.63, 3.8) is 0 Å². The van der Waals surface area contributed by atoms with Crippen LogP contribution < -0.4 is 5.32 Å². The van der Waals surface area contributed by atoms with E-state index in [4.69, 9.17) is 4.74 Å². The number of ether oxygens (including phenoxy) is 1. The molecule has 1 amide bonds. The number of benzene rings is 1. The average molecular weight is 494 g/mol. The monoisotopic (exact) mass is 493 g/mol. The maximum absolute atomic E-state index is 13.3. The van der Waals surface area contributed by atoms with Gasteiger partial charge < -0.3 is 19.5 Å². The Hall–Kier alpha value is -2.37. The van der Waals surface area contributed by atoms with Crippen molar-refractivity contribution in [3.8, 4) is 0 Å². The van der Waals surface area contributed by atoms with Crippen LogP contribution in [0.15, 0.2) is 42.0 Å². The van der Waals surface area contributed by atoms with Gasteiger partial charge in [0.15, 0.2) is 0 Å². The molecule has 0 saturated carbocycles. The average Bonchev–Trinajstić information content (AvgIpc) is 3.22. The van der Waals surface area contributed by atoms with Gasteiger partial charge >= 0.3 is 0 Å². The number of hydrogen-bond donors (Lipinski definition) is 1. The number of rotatable bonds is 9. The maximum atomic E-state index is 13.3. The van der Waals surface area contributed by atoms with Gasteiger partial charge in [-0.1, -0.05) is 51.5 Å². The Morgan fingerprint density at radius 2 is 1.94 bits per heavy atom. The van der Waals surface area contributed by atoms with Crippen LogP contribution in [0.3, 0.4) is 0 Å². The van der Waals surface area contributed by atoms with Crippen molar-refractivity contribution >= 4 is 16.8 Å². The van der Waals surface area contributed by atoms with E-state index in [-0.39, 0.29) is 5.91 Å². The Labute approximate surface area is 218 Å². The summed E-state index contributed by atoms with van der Waals surface area (Å²) < 4.78 is 7.94. The zero-order valence-corrected chi connectivity index (χ0v) is 23.2. The number of aromatic nitrogens is 1. The zero-order valence-electron chi connectivity index (χ0n) is 23.2. The molecule has 1 saturated heterocycles. The van der Waals surface area contributed by atoms with Gasteiger partial charge in [-0.05, 0) is 62.3 Å². The number of nitrogens with zero attached hydrogens (tertiary/aromatic N) is 2. The lowest BCUT2D eigenvalue weighted by atomic mass is 9.98. The van der Waals surface area contributed by atoms with Crippen LogP contribution in [0, 0.1) is 5.92 Å². The van der Waals surface area contributed by atoms with Crippen LogP contribution in [-0.4, -0.2) is 48.2 Å². The third-order valence-electron chi connectivity index (χ3n) is 7.26. The van der Waals surface area contributed by atoms with E-state index in [2.05, 4.69) is 54.1 Å². The van der Waals surface area contributed by atoms with E-state index in [0.717, 1.165) is 82.9 Å². The molecule has 1 N–H and O–H groups in total. The molecule has 5 nitrogen and oxygen atoms in total. The van der Waals surface area contributed by atoms with Crippen LogP contribution in [0.1, 0.15) is 81.9 Å². The highest BCUT2D eigenvalue weighted by molar-refractivity contribution is 5.99. The molecule has 0 unspecified atom stereocenters. The molecular weight excluding hydrogens is 446 g/mol. The lowest BCUT2D eigenvalue weighted by molar-refractivity contribution is 0.0697. The first-order valence-corrected chi connectivity index (χ1v) is 14.2. The Morgan fingerprint density at radius 1 is 1.17 bits per heavy atom. The molecule has 3 heterocycles. The largest absolute Gasteiger partial charge is 0.378 e. The predicted molar refractivity (Wildman–Crippen MR) is 152 cm³/mol. The molecule has 1 aromatic heterocycles. The number of amides is 1. The molecule has 1 aromatic carbocycles. The highest BCUT2D eigenvalue weighted by atomic mass is 16.5. The van der Waals surface area contributed by atoms with Gasteiger partial charge in [-0.3, -0.25) is 4.79 Å². The number of allylic oxidation sites excluding steroid dienone is 3. The number of nitrogens with one attached hydrogen (secondary N) is 1. The Balaban J connectivity index is 0.00000176. The summed E-state index contributed by atoms with van der Waals surface area (Å²) in [5.74, 6) is 0.906. The van der Waals surface area contributed by atoms with Gasteiger partial charge in [-0.25, -0.2) is 0 Å². The van der Waals surface area contributed by atoms with E-state index in [9.17, 15) is 4.79 Å². The van der Waals surface area contributed by atoms with E-state index >= 15 is 0 Å². The number of piperidine rings is 1. The standard InChI is InChI=1S/C29H41N3O2.C2H6/c1-4-8-23(9-6-7-18-34-5-2)21-32-27-11-10-24(29(33)31-16-13-22(3)14-17-31)19-25(27)26-20-30-15-12-28(26)32;1-2/h6-8,10-11,19,22,30H,4-5,9,12-18,20-21H2,1-3H3;1-2H3/b7-6-,23-8+;. The van der Waals surface area contributed by atoms with Gasteiger partial charge in [-0.2, -0.15) is 0 Å². The minimum Gasteiger partial charge on any atom is -0.378 e. The molecule has 2 aliphatic rings. The second-order valence-corrected chi connectivity index (χ2v) is 9.75. The summed E-state index contributed by atoms with van der Waals surface area (Å²) in [5, 5.41) is 4.78. The molecule has 1 fully saturated rings. The maximum Gasteiger partial charge on any atom is 0.253 e. The van der Waals surface area contributed by atoms with Crippen molar-refractivity contribution in [1.29, 1.82) is 0 Å². The summed E-state index contributed by atoms with van der Waals surface area (Å²) in [4.78, 5) is 15.3.